The molecular weight excluding hydrogens is 361 g/mol. The van der Waals surface area contributed by atoms with Crippen molar-refractivity contribution in [2.75, 3.05) is 17.3 Å². The fraction of sp³-hybridized carbons (Fsp3) is 0.474. The molecule has 0 aliphatic heterocycles. The minimum Gasteiger partial charge on any atom is -0.478 e. The summed E-state index contributed by atoms with van der Waals surface area (Å²) < 4.78 is 39.3. The minimum atomic E-state index is -4.55. The van der Waals surface area contributed by atoms with Crippen molar-refractivity contribution in [1.29, 1.82) is 0 Å². The Morgan fingerprint density at radius 3 is 2.44 bits per heavy atom. The van der Waals surface area contributed by atoms with Gasteiger partial charge in [-0.05, 0) is 31.0 Å². The van der Waals surface area contributed by atoms with Crippen LogP contribution in [0.1, 0.15) is 44.1 Å². The van der Waals surface area contributed by atoms with Crippen molar-refractivity contribution in [3.8, 4) is 0 Å². The van der Waals surface area contributed by atoms with Crippen LogP contribution in [-0.2, 0) is 15.8 Å². The van der Waals surface area contributed by atoms with Crippen LogP contribution in [0.15, 0.2) is 30.4 Å². The van der Waals surface area contributed by atoms with Crippen LogP contribution in [0, 0.1) is 0 Å². The number of nitrogens with one attached hydrogen (secondary N) is 1. The zero-order valence-corrected chi connectivity index (χ0v) is 15.1. The second-order valence-corrected chi connectivity index (χ2v) is 6.77. The van der Waals surface area contributed by atoms with Gasteiger partial charge in [0.1, 0.15) is 0 Å². The van der Waals surface area contributed by atoms with E-state index in [0.29, 0.717) is 5.69 Å². The molecule has 0 atom stereocenters. The summed E-state index contributed by atoms with van der Waals surface area (Å²) in [6.45, 7) is 3.27. The first-order valence-corrected chi connectivity index (χ1v) is 8.74. The third-order valence-electron chi connectivity index (χ3n) is 4.78. The molecule has 2 rings (SSSR count). The number of benzene rings is 1. The van der Waals surface area contributed by atoms with E-state index in [1.807, 2.05) is 4.90 Å². The zero-order valence-electron chi connectivity index (χ0n) is 15.1. The Morgan fingerprint density at radius 2 is 1.89 bits per heavy atom. The number of carbonyl (C=O) groups excluding carboxylic acids is 1. The predicted molar refractivity (Wildman–Crippen MR) is 96.7 cm³/mol. The number of halogens is 3. The molecule has 0 saturated heterocycles. The van der Waals surface area contributed by atoms with Crippen LogP contribution >= 0.6 is 0 Å². The van der Waals surface area contributed by atoms with Gasteiger partial charge in [0.15, 0.2) is 0 Å². The normalized spacial score (nSPS) is 15.3. The molecular formula is C19H23F3N2O3. The minimum absolute atomic E-state index is 0.0149. The van der Waals surface area contributed by atoms with Crippen LogP contribution in [0.5, 0.6) is 0 Å². The molecule has 5 nitrogen and oxygen atoms in total. The van der Waals surface area contributed by atoms with Gasteiger partial charge in [-0.15, -0.1) is 0 Å². The summed E-state index contributed by atoms with van der Waals surface area (Å²) >= 11 is 0. The van der Waals surface area contributed by atoms with Gasteiger partial charge >= 0.3 is 12.1 Å². The molecule has 1 fully saturated rings. The summed E-state index contributed by atoms with van der Waals surface area (Å²) in [7, 11) is 1.80. The number of carbonyl (C=O) groups is 2. The highest BCUT2D eigenvalue weighted by molar-refractivity contribution is 6.00. The molecule has 0 spiro atoms. The Labute approximate surface area is 155 Å². The Kier molecular flexibility index (Phi) is 6.51. The van der Waals surface area contributed by atoms with E-state index < -0.39 is 30.0 Å². The van der Waals surface area contributed by atoms with Crippen LogP contribution in [0.2, 0.25) is 0 Å². The van der Waals surface area contributed by atoms with E-state index in [4.69, 9.17) is 5.11 Å². The van der Waals surface area contributed by atoms with Gasteiger partial charge in [0.25, 0.3) is 0 Å². The number of carboxylic acid groups (broad SMARTS) is 1. The van der Waals surface area contributed by atoms with Gasteiger partial charge in [-0.1, -0.05) is 25.8 Å². The van der Waals surface area contributed by atoms with E-state index >= 15 is 0 Å². The molecule has 0 unspecified atom stereocenters. The third-order valence-corrected chi connectivity index (χ3v) is 4.78. The molecule has 0 heterocycles. The number of alkyl halides is 3. The summed E-state index contributed by atoms with van der Waals surface area (Å²) in [5, 5.41) is 11.2. The quantitative estimate of drug-likeness (QED) is 0.712. The molecule has 8 heteroatoms. The van der Waals surface area contributed by atoms with Gasteiger partial charge in [0.2, 0.25) is 5.91 Å². The average molecular weight is 384 g/mol. The molecule has 1 aromatic carbocycles. The molecule has 2 N–H and O–H groups in total. The van der Waals surface area contributed by atoms with E-state index in [2.05, 4.69) is 11.9 Å². The molecule has 27 heavy (non-hydrogen) atoms. The van der Waals surface area contributed by atoms with Crippen LogP contribution < -0.4 is 10.2 Å². The molecule has 1 amide bonds. The van der Waals surface area contributed by atoms with Crippen molar-refractivity contribution in [3.63, 3.8) is 0 Å². The molecule has 0 radical (unpaired) electrons. The lowest BCUT2D eigenvalue weighted by Gasteiger charge is -2.34. The summed E-state index contributed by atoms with van der Waals surface area (Å²) in [5.74, 6) is -2.05. The smallest absolute Gasteiger partial charge is 0.416 e. The number of nitrogens with zero attached hydrogens (tertiary/aromatic N) is 1. The van der Waals surface area contributed by atoms with Crippen LogP contribution in [0.25, 0.3) is 0 Å². The van der Waals surface area contributed by atoms with Gasteiger partial charge in [-0.25, -0.2) is 4.79 Å². The Hall–Kier alpha value is -2.51. The number of amides is 1. The van der Waals surface area contributed by atoms with E-state index in [1.165, 1.54) is 6.07 Å². The maximum Gasteiger partial charge on any atom is 0.416 e. The summed E-state index contributed by atoms with van der Waals surface area (Å²) in [5.41, 5.74) is -0.720. The van der Waals surface area contributed by atoms with Crippen molar-refractivity contribution >= 4 is 23.3 Å². The maximum atomic E-state index is 13.1. The summed E-state index contributed by atoms with van der Waals surface area (Å²) in [6.07, 6.45) is 0.0511. The van der Waals surface area contributed by atoms with Crippen molar-refractivity contribution < 1.29 is 27.9 Å². The third kappa shape index (κ3) is 5.48. The molecule has 1 saturated carbocycles. The van der Waals surface area contributed by atoms with Gasteiger partial charge < -0.3 is 15.3 Å². The number of aliphatic carboxylic acids is 1. The Balaban J connectivity index is 2.30. The molecule has 0 bridgehead atoms. The van der Waals surface area contributed by atoms with Crippen LogP contribution in [-0.4, -0.2) is 30.1 Å². The number of anilines is 2. The summed E-state index contributed by atoms with van der Waals surface area (Å²) in [4.78, 5) is 24.8. The van der Waals surface area contributed by atoms with Crippen molar-refractivity contribution in [2.45, 2.75) is 50.7 Å². The number of hydrogen-bond donors (Lipinski definition) is 2. The fourth-order valence-electron chi connectivity index (χ4n) is 3.25. The topological polar surface area (TPSA) is 69.6 Å². The molecule has 0 aromatic heterocycles. The van der Waals surface area contributed by atoms with Gasteiger partial charge in [0.05, 0.1) is 23.4 Å². The standard InChI is InChI=1S/C19H23F3N2O3/c1-12(18(26)27)10-17(25)23-15-11-13(19(20,21)22)8-9-16(15)24(2)14-6-4-3-5-7-14/h8-9,11,14H,1,3-7,10H2,2H3,(H,23,25)(H,26,27). The number of carboxylic acids is 1. The number of hydrogen-bond acceptors (Lipinski definition) is 3. The largest absolute Gasteiger partial charge is 0.478 e. The highest BCUT2D eigenvalue weighted by atomic mass is 19.4. The van der Waals surface area contributed by atoms with Crippen molar-refractivity contribution in [2.24, 2.45) is 0 Å². The van der Waals surface area contributed by atoms with Crippen LogP contribution in [0.4, 0.5) is 24.5 Å². The molecule has 148 valence electrons. The second kappa shape index (κ2) is 8.45. The van der Waals surface area contributed by atoms with E-state index in [-0.39, 0.29) is 17.3 Å². The lowest BCUT2D eigenvalue weighted by atomic mass is 9.94. The first-order chi connectivity index (χ1) is 12.6. The fourth-order valence-corrected chi connectivity index (χ4v) is 3.25. The first-order valence-electron chi connectivity index (χ1n) is 8.74. The second-order valence-electron chi connectivity index (χ2n) is 6.77. The lowest BCUT2D eigenvalue weighted by molar-refractivity contribution is -0.137. The first kappa shape index (κ1) is 20.8. The van der Waals surface area contributed by atoms with Crippen LogP contribution in [0.3, 0.4) is 0 Å². The zero-order chi connectivity index (χ0) is 20.2. The number of rotatable bonds is 6. The van der Waals surface area contributed by atoms with E-state index in [1.54, 1.807) is 7.05 Å². The lowest BCUT2D eigenvalue weighted by Crippen LogP contribution is -2.34. The highest BCUT2D eigenvalue weighted by Gasteiger charge is 2.32. The van der Waals surface area contributed by atoms with Crippen molar-refractivity contribution in [1.82, 2.24) is 0 Å². The SMILES string of the molecule is C=C(CC(=O)Nc1cc(C(F)(F)F)ccc1N(C)C1CCCCC1)C(=O)O. The molecule has 1 aliphatic rings. The maximum absolute atomic E-state index is 13.1. The Morgan fingerprint density at radius 1 is 1.26 bits per heavy atom. The molecule has 1 aromatic rings. The monoisotopic (exact) mass is 384 g/mol. The summed E-state index contributed by atoms with van der Waals surface area (Å²) in [6, 6.07) is 3.40. The van der Waals surface area contributed by atoms with Gasteiger partial charge in [-0.3, -0.25) is 4.79 Å². The van der Waals surface area contributed by atoms with Gasteiger partial charge in [-0.2, -0.15) is 13.2 Å². The van der Waals surface area contributed by atoms with E-state index in [0.717, 1.165) is 44.2 Å². The highest BCUT2D eigenvalue weighted by Crippen LogP contribution is 2.37. The Bertz CT molecular complexity index is 725. The van der Waals surface area contributed by atoms with Crippen molar-refractivity contribution in [3.05, 3.63) is 35.9 Å². The van der Waals surface area contributed by atoms with Gasteiger partial charge in [0, 0.05) is 18.7 Å². The average Bonchev–Trinajstić information content (AvgIpc) is 2.60. The van der Waals surface area contributed by atoms with E-state index in [9.17, 15) is 22.8 Å². The predicted octanol–water partition coefficient (Wildman–Crippen LogP) is 4.44. The molecule has 1 aliphatic carbocycles.